The van der Waals surface area contributed by atoms with Crippen molar-refractivity contribution < 1.29 is 33.8 Å². The van der Waals surface area contributed by atoms with Gasteiger partial charge < -0.3 is 24.7 Å². The minimum absolute atomic E-state index is 0.241. The molecule has 2 aromatic rings. The summed E-state index contributed by atoms with van der Waals surface area (Å²) >= 11 is 1.08. The lowest BCUT2D eigenvalue weighted by Gasteiger charge is -2.27. The molecule has 0 saturated heterocycles. The number of fused-ring (bicyclic) bond motifs is 1. The third-order valence-corrected chi connectivity index (χ3v) is 6.67. The normalized spacial score (nSPS) is 14.3. The fourth-order valence-corrected chi connectivity index (χ4v) is 4.23. The molecule has 9 nitrogen and oxygen atoms in total. The Morgan fingerprint density at radius 3 is 2.22 bits per heavy atom. The summed E-state index contributed by atoms with van der Waals surface area (Å²) in [6.07, 6.45) is 2.43. The first-order chi connectivity index (χ1) is 8.07. The van der Waals surface area contributed by atoms with E-state index in [1.165, 1.54) is 10.6 Å². The number of rotatable bonds is 3. The van der Waals surface area contributed by atoms with E-state index in [-0.39, 0.29) is 4.96 Å². The van der Waals surface area contributed by atoms with Crippen molar-refractivity contribution in [3.05, 3.63) is 23.5 Å². The molecule has 0 amide bonds. The van der Waals surface area contributed by atoms with Crippen LogP contribution in [-0.4, -0.2) is 34.1 Å². The Hall–Kier alpha value is -0.570. The van der Waals surface area contributed by atoms with Crippen LogP contribution in [0.2, 0.25) is 0 Å². The fourth-order valence-electron chi connectivity index (χ4n) is 1.36. The number of nitrogens with zero attached hydrogens (tertiary/aromatic N) is 2. The summed E-state index contributed by atoms with van der Waals surface area (Å²) in [5, 5.41) is 7.76. The van der Waals surface area contributed by atoms with Crippen molar-refractivity contribution in [2.45, 2.75) is 5.08 Å². The molecule has 0 spiro atoms. The maximum absolute atomic E-state index is 11.2. The summed E-state index contributed by atoms with van der Waals surface area (Å²) in [6.45, 7) is 0. The van der Waals surface area contributed by atoms with Crippen molar-refractivity contribution in [2.24, 2.45) is 0 Å². The van der Waals surface area contributed by atoms with Gasteiger partial charge in [-0.15, -0.1) is 11.3 Å². The van der Waals surface area contributed by atoms with Crippen LogP contribution in [0, 0.1) is 0 Å². The molecular weight excluding hydrogens is 306 g/mol. The molecule has 0 unspecified atom stereocenters. The van der Waals surface area contributed by atoms with Crippen molar-refractivity contribution in [2.75, 3.05) is 0 Å². The number of hydrogen-bond donors (Lipinski definition) is 5. The molecule has 0 saturated carbocycles. The van der Waals surface area contributed by atoms with E-state index in [9.17, 15) is 14.2 Å². The molecule has 100 valence electrons. The van der Waals surface area contributed by atoms with Gasteiger partial charge in [0.15, 0.2) is 4.96 Å². The third kappa shape index (κ3) is 1.87. The zero-order valence-corrected chi connectivity index (χ0v) is 11.1. The fraction of sp³-hybridized carbons (Fsp3) is 0.167. The molecule has 0 bridgehead atoms. The Morgan fingerprint density at radius 2 is 1.78 bits per heavy atom. The van der Waals surface area contributed by atoms with Crippen LogP contribution in [0.4, 0.5) is 0 Å². The Labute approximate surface area is 104 Å². The molecule has 0 fully saturated rings. The first kappa shape index (κ1) is 13.9. The van der Waals surface area contributed by atoms with Gasteiger partial charge in [0.05, 0.1) is 0 Å². The van der Waals surface area contributed by atoms with Crippen molar-refractivity contribution in [3.8, 4) is 0 Å². The highest BCUT2D eigenvalue weighted by molar-refractivity contribution is 7.71. The third-order valence-electron chi connectivity index (χ3n) is 2.25. The van der Waals surface area contributed by atoms with Crippen molar-refractivity contribution in [1.29, 1.82) is 0 Å². The second-order valence-corrected chi connectivity index (χ2v) is 8.14. The van der Waals surface area contributed by atoms with Gasteiger partial charge in [-0.1, -0.05) is 0 Å². The predicted octanol–water partition coefficient (Wildman–Crippen LogP) is -0.146. The molecular formula is C6H8N2O7P2S. The van der Waals surface area contributed by atoms with Gasteiger partial charge in [-0.3, -0.25) is 13.5 Å². The monoisotopic (exact) mass is 314 g/mol. The van der Waals surface area contributed by atoms with E-state index < -0.39 is 26.0 Å². The summed E-state index contributed by atoms with van der Waals surface area (Å²) < 4.78 is 23.7. The lowest BCUT2D eigenvalue weighted by atomic mass is 10.5. The highest BCUT2D eigenvalue weighted by Crippen LogP contribution is 2.72. The lowest BCUT2D eigenvalue weighted by molar-refractivity contribution is 0.128. The van der Waals surface area contributed by atoms with E-state index in [0.29, 0.717) is 0 Å². The quantitative estimate of drug-likeness (QED) is 0.490. The summed E-state index contributed by atoms with van der Waals surface area (Å²) in [7, 11) is -11.1. The standard InChI is InChI=1S/C6H8N2O7P2S/c9-6(16(10,11)12,17(13,14)15)4-3-8-1-2-18-5(8)7-4/h1-3,9H,(H2,10,11,12)(H2,13,14,15). The summed E-state index contributed by atoms with van der Waals surface area (Å²) in [5.74, 6) is 0. The second kappa shape index (κ2) is 3.96. The SMILES string of the molecule is O=P(O)(O)C(O)(c1cn2ccsc2n1)P(=O)(O)O. The predicted molar refractivity (Wildman–Crippen MR) is 61.1 cm³/mol. The zero-order chi connectivity index (χ0) is 13.8. The summed E-state index contributed by atoms with van der Waals surface area (Å²) in [6, 6.07) is 0. The Morgan fingerprint density at radius 1 is 1.22 bits per heavy atom. The number of imidazole rings is 1. The Kier molecular flexibility index (Phi) is 3.05. The molecule has 0 atom stereocenters. The topological polar surface area (TPSA) is 153 Å². The van der Waals surface area contributed by atoms with Crippen LogP contribution in [0.25, 0.3) is 4.96 Å². The second-order valence-electron chi connectivity index (χ2n) is 3.44. The summed E-state index contributed by atoms with van der Waals surface area (Å²) in [4.78, 5) is 39.9. The van der Waals surface area contributed by atoms with Gasteiger partial charge >= 0.3 is 20.3 Å². The minimum Gasteiger partial charge on any atom is -0.363 e. The van der Waals surface area contributed by atoms with E-state index in [0.717, 1.165) is 17.5 Å². The van der Waals surface area contributed by atoms with Crippen LogP contribution in [0.5, 0.6) is 0 Å². The minimum atomic E-state index is -5.54. The maximum Gasteiger partial charge on any atom is 0.375 e. The number of thiazole rings is 1. The van der Waals surface area contributed by atoms with Crippen LogP contribution in [0.15, 0.2) is 17.8 Å². The highest BCUT2D eigenvalue weighted by atomic mass is 32.1. The molecule has 0 aliphatic heterocycles. The zero-order valence-electron chi connectivity index (χ0n) is 8.48. The number of hydrogen-bond acceptors (Lipinski definition) is 5. The van der Waals surface area contributed by atoms with Crippen LogP contribution in [0.1, 0.15) is 5.69 Å². The molecule has 2 heterocycles. The molecule has 2 rings (SSSR count). The van der Waals surface area contributed by atoms with Crippen LogP contribution < -0.4 is 0 Å². The average Bonchev–Trinajstić information content (AvgIpc) is 2.70. The smallest absolute Gasteiger partial charge is 0.363 e. The van der Waals surface area contributed by atoms with Crippen LogP contribution in [-0.2, 0) is 14.2 Å². The van der Waals surface area contributed by atoms with Crippen molar-refractivity contribution in [1.82, 2.24) is 9.38 Å². The van der Waals surface area contributed by atoms with E-state index >= 15 is 0 Å². The largest absolute Gasteiger partial charge is 0.375 e. The van der Waals surface area contributed by atoms with Gasteiger partial charge in [-0.2, -0.15) is 0 Å². The molecule has 0 radical (unpaired) electrons. The highest BCUT2D eigenvalue weighted by Gasteiger charge is 2.62. The van der Waals surface area contributed by atoms with Gasteiger partial charge in [-0.25, -0.2) is 4.98 Å². The van der Waals surface area contributed by atoms with E-state index in [1.54, 1.807) is 5.38 Å². The van der Waals surface area contributed by atoms with Crippen LogP contribution in [0.3, 0.4) is 0 Å². The average molecular weight is 314 g/mol. The molecule has 5 N–H and O–H groups in total. The first-order valence-electron chi connectivity index (χ1n) is 4.34. The number of aromatic nitrogens is 2. The van der Waals surface area contributed by atoms with E-state index in [4.69, 9.17) is 19.6 Å². The van der Waals surface area contributed by atoms with E-state index in [2.05, 4.69) is 4.98 Å². The van der Waals surface area contributed by atoms with Gasteiger partial charge in [0.1, 0.15) is 5.69 Å². The molecule has 0 aliphatic carbocycles. The van der Waals surface area contributed by atoms with Gasteiger partial charge in [0.2, 0.25) is 0 Å². The van der Waals surface area contributed by atoms with Crippen LogP contribution >= 0.6 is 26.5 Å². The maximum atomic E-state index is 11.2. The molecule has 2 aromatic heterocycles. The van der Waals surface area contributed by atoms with E-state index in [1.807, 2.05) is 0 Å². The van der Waals surface area contributed by atoms with Gasteiger partial charge in [0, 0.05) is 17.8 Å². The lowest BCUT2D eigenvalue weighted by Crippen LogP contribution is -2.26. The number of aliphatic hydroxyl groups is 1. The first-order valence-corrected chi connectivity index (χ1v) is 8.44. The van der Waals surface area contributed by atoms with Crippen molar-refractivity contribution >= 4 is 31.5 Å². The molecule has 12 heteroatoms. The molecule has 0 aromatic carbocycles. The summed E-state index contributed by atoms with van der Waals surface area (Å²) in [5.41, 5.74) is -0.768. The van der Waals surface area contributed by atoms with Gasteiger partial charge in [0.25, 0.3) is 0 Å². The Bertz CT molecular complexity index is 630. The van der Waals surface area contributed by atoms with Gasteiger partial charge in [-0.05, 0) is 0 Å². The van der Waals surface area contributed by atoms with Crippen molar-refractivity contribution in [3.63, 3.8) is 0 Å². The molecule has 18 heavy (non-hydrogen) atoms. The Balaban J connectivity index is 2.73. The molecule has 0 aliphatic rings.